The third kappa shape index (κ3) is 4.55. The lowest BCUT2D eigenvalue weighted by Gasteiger charge is -2.18. The normalized spacial score (nSPS) is 16.5. The van der Waals surface area contributed by atoms with Gasteiger partial charge in [-0.2, -0.15) is 18.2 Å². The Hall–Kier alpha value is -2.78. The van der Waals surface area contributed by atoms with Gasteiger partial charge in [0.2, 0.25) is 5.89 Å². The van der Waals surface area contributed by atoms with Gasteiger partial charge in [0.1, 0.15) is 17.7 Å². The molecule has 0 radical (unpaired) electrons. The summed E-state index contributed by atoms with van der Waals surface area (Å²) in [5, 5.41) is 3.69. The maximum Gasteiger partial charge on any atom is 0.422 e. The SMILES string of the molecule is Cc1nc(C(C)(C=O)CC(=O)c2cc(OCC(F)(F)F)c(C3CC3)cn2)no1. The summed E-state index contributed by atoms with van der Waals surface area (Å²) in [6, 6.07) is 1.20. The second-order valence-corrected chi connectivity index (χ2v) is 7.06. The van der Waals surface area contributed by atoms with Crippen LogP contribution >= 0.6 is 0 Å². The van der Waals surface area contributed by atoms with Crippen molar-refractivity contribution in [3.63, 3.8) is 0 Å². The molecular formula is C18H18F3N3O4. The van der Waals surface area contributed by atoms with Gasteiger partial charge >= 0.3 is 6.18 Å². The van der Waals surface area contributed by atoms with E-state index in [1.54, 1.807) is 6.92 Å². The summed E-state index contributed by atoms with van der Waals surface area (Å²) in [5.41, 5.74) is -0.888. The van der Waals surface area contributed by atoms with Crippen molar-refractivity contribution < 1.29 is 32.0 Å². The molecular weight excluding hydrogens is 379 g/mol. The zero-order valence-electron chi connectivity index (χ0n) is 15.2. The number of aldehydes is 1. The van der Waals surface area contributed by atoms with Gasteiger partial charge in [-0.15, -0.1) is 0 Å². The number of ether oxygens (including phenoxy) is 1. The number of carbonyl (C=O) groups excluding carboxylic acids is 2. The minimum atomic E-state index is -4.50. The molecule has 1 atom stereocenters. The summed E-state index contributed by atoms with van der Waals surface area (Å²) in [5.74, 6) is -0.179. The molecule has 0 saturated heterocycles. The highest BCUT2D eigenvalue weighted by Gasteiger charge is 2.36. The Morgan fingerprint density at radius 1 is 1.39 bits per heavy atom. The number of halogens is 3. The Morgan fingerprint density at radius 3 is 2.64 bits per heavy atom. The van der Waals surface area contributed by atoms with Crippen LogP contribution in [0, 0.1) is 6.92 Å². The molecule has 10 heteroatoms. The number of ketones is 1. The minimum Gasteiger partial charge on any atom is -0.484 e. The predicted molar refractivity (Wildman–Crippen MR) is 89.2 cm³/mol. The highest BCUT2D eigenvalue weighted by atomic mass is 19.4. The quantitative estimate of drug-likeness (QED) is 0.498. The number of aryl methyl sites for hydroxylation is 1. The largest absolute Gasteiger partial charge is 0.484 e. The number of aromatic nitrogens is 3. The lowest BCUT2D eigenvalue weighted by Crippen LogP contribution is -2.29. The summed E-state index contributed by atoms with van der Waals surface area (Å²) in [6.07, 6.45) is -1.25. The standard InChI is InChI=1S/C18H18F3N3O4/c1-10-23-16(24-28-10)17(2,8-25)6-14(26)13-5-15(27-9-18(19,20)21)12(7-22-13)11-3-4-11/h5,7-8,11H,3-4,6,9H2,1-2H3. The van der Waals surface area contributed by atoms with E-state index in [9.17, 15) is 22.8 Å². The van der Waals surface area contributed by atoms with E-state index in [1.807, 2.05) is 0 Å². The monoisotopic (exact) mass is 397 g/mol. The summed E-state index contributed by atoms with van der Waals surface area (Å²) in [6.45, 7) is 1.56. The van der Waals surface area contributed by atoms with Crippen molar-refractivity contribution in [3.8, 4) is 5.75 Å². The van der Waals surface area contributed by atoms with Crippen LogP contribution < -0.4 is 4.74 Å². The zero-order chi connectivity index (χ0) is 20.5. The van der Waals surface area contributed by atoms with E-state index in [4.69, 9.17) is 9.26 Å². The molecule has 1 unspecified atom stereocenters. The van der Waals surface area contributed by atoms with Crippen molar-refractivity contribution in [1.29, 1.82) is 0 Å². The highest BCUT2D eigenvalue weighted by molar-refractivity contribution is 5.97. The van der Waals surface area contributed by atoms with Crippen molar-refractivity contribution in [2.45, 2.75) is 50.6 Å². The minimum absolute atomic E-state index is 0.0126. The van der Waals surface area contributed by atoms with Gasteiger partial charge in [0.05, 0.1) is 5.41 Å². The molecule has 3 rings (SSSR count). The van der Waals surface area contributed by atoms with Crippen LogP contribution in [0.25, 0.3) is 0 Å². The first-order valence-electron chi connectivity index (χ1n) is 8.61. The fraction of sp³-hybridized carbons (Fsp3) is 0.500. The van der Waals surface area contributed by atoms with Crippen LogP contribution in [0.2, 0.25) is 0 Å². The summed E-state index contributed by atoms with van der Waals surface area (Å²) in [7, 11) is 0. The Labute approximate surface area is 158 Å². The van der Waals surface area contributed by atoms with E-state index in [2.05, 4.69) is 15.1 Å². The van der Waals surface area contributed by atoms with Gasteiger partial charge in [-0.3, -0.25) is 9.78 Å². The fourth-order valence-electron chi connectivity index (χ4n) is 2.71. The molecule has 0 amide bonds. The summed E-state index contributed by atoms with van der Waals surface area (Å²) in [4.78, 5) is 32.3. The maximum atomic E-state index is 12.7. The molecule has 2 heterocycles. The van der Waals surface area contributed by atoms with E-state index < -0.39 is 24.0 Å². The molecule has 1 saturated carbocycles. The molecule has 0 spiro atoms. The molecule has 0 aliphatic heterocycles. The Morgan fingerprint density at radius 2 is 2.11 bits per heavy atom. The summed E-state index contributed by atoms with van der Waals surface area (Å²) < 4.78 is 47.4. The van der Waals surface area contributed by atoms with Crippen molar-refractivity contribution >= 4 is 12.1 Å². The van der Waals surface area contributed by atoms with Crippen LogP contribution in [0.15, 0.2) is 16.8 Å². The highest BCUT2D eigenvalue weighted by Crippen LogP contribution is 2.44. The van der Waals surface area contributed by atoms with Crippen molar-refractivity contribution in [2.75, 3.05) is 6.61 Å². The number of carbonyl (C=O) groups is 2. The second-order valence-electron chi connectivity index (χ2n) is 7.06. The third-order valence-corrected chi connectivity index (χ3v) is 4.42. The fourth-order valence-corrected chi connectivity index (χ4v) is 2.71. The molecule has 0 bridgehead atoms. The van der Waals surface area contributed by atoms with Crippen LogP contribution in [0.3, 0.4) is 0 Å². The van der Waals surface area contributed by atoms with Gasteiger partial charge in [0.25, 0.3) is 0 Å². The van der Waals surface area contributed by atoms with Gasteiger partial charge in [0, 0.05) is 31.2 Å². The van der Waals surface area contributed by atoms with E-state index in [1.165, 1.54) is 19.2 Å². The molecule has 1 fully saturated rings. The molecule has 1 aliphatic carbocycles. The number of hydrogen-bond acceptors (Lipinski definition) is 7. The van der Waals surface area contributed by atoms with Crippen LogP contribution in [0.4, 0.5) is 13.2 Å². The third-order valence-electron chi connectivity index (χ3n) is 4.42. The number of pyridine rings is 1. The Kier molecular flexibility index (Phi) is 5.22. The van der Waals surface area contributed by atoms with Gasteiger partial charge < -0.3 is 14.1 Å². The van der Waals surface area contributed by atoms with Crippen LogP contribution in [-0.2, 0) is 10.2 Å². The average molecular weight is 397 g/mol. The van der Waals surface area contributed by atoms with Crippen LogP contribution in [0.5, 0.6) is 5.75 Å². The maximum absolute atomic E-state index is 12.7. The molecule has 28 heavy (non-hydrogen) atoms. The smallest absolute Gasteiger partial charge is 0.422 e. The van der Waals surface area contributed by atoms with Crippen molar-refractivity contribution in [2.24, 2.45) is 0 Å². The lowest BCUT2D eigenvalue weighted by atomic mass is 9.85. The second kappa shape index (κ2) is 7.33. The molecule has 2 aromatic heterocycles. The van der Waals surface area contributed by atoms with Gasteiger partial charge in [0.15, 0.2) is 18.2 Å². The molecule has 2 aromatic rings. The van der Waals surface area contributed by atoms with Crippen molar-refractivity contribution in [3.05, 3.63) is 35.2 Å². The molecule has 0 N–H and O–H groups in total. The van der Waals surface area contributed by atoms with E-state index in [0.29, 0.717) is 11.8 Å². The van der Waals surface area contributed by atoms with E-state index in [-0.39, 0.29) is 35.5 Å². The first-order valence-corrected chi connectivity index (χ1v) is 8.61. The van der Waals surface area contributed by atoms with Crippen molar-refractivity contribution in [1.82, 2.24) is 15.1 Å². The first kappa shape index (κ1) is 20.0. The lowest BCUT2D eigenvalue weighted by molar-refractivity contribution is -0.153. The molecule has 1 aliphatic rings. The van der Waals surface area contributed by atoms with E-state index >= 15 is 0 Å². The molecule has 150 valence electrons. The predicted octanol–water partition coefficient (Wildman–Crippen LogP) is 3.32. The number of alkyl halides is 3. The van der Waals surface area contributed by atoms with Crippen LogP contribution in [0.1, 0.15) is 59.9 Å². The zero-order valence-corrected chi connectivity index (χ0v) is 15.2. The number of hydrogen-bond donors (Lipinski definition) is 0. The Balaban J connectivity index is 1.83. The Bertz CT molecular complexity index is 892. The average Bonchev–Trinajstić information content (AvgIpc) is 3.39. The van der Waals surface area contributed by atoms with Gasteiger partial charge in [-0.05, 0) is 25.7 Å². The van der Waals surface area contributed by atoms with Gasteiger partial charge in [-0.1, -0.05) is 5.16 Å². The molecule has 0 aromatic carbocycles. The van der Waals surface area contributed by atoms with Crippen LogP contribution in [-0.4, -0.2) is 40.0 Å². The number of Topliss-reactive ketones (excluding diaryl/α,β-unsaturated/α-hetero) is 1. The summed E-state index contributed by atoms with van der Waals surface area (Å²) >= 11 is 0. The molecule has 7 nitrogen and oxygen atoms in total. The first-order chi connectivity index (χ1) is 13.1. The van der Waals surface area contributed by atoms with Gasteiger partial charge in [-0.25, -0.2) is 0 Å². The topological polar surface area (TPSA) is 95.2 Å². The number of rotatable bonds is 8. The number of nitrogens with zero attached hydrogens (tertiary/aromatic N) is 3. The van der Waals surface area contributed by atoms with E-state index in [0.717, 1.165) is 12.8 Å².